The van der Waals surface area contributed by atoms with E-state index in [1.54, 1.807) is 7.11 Å². The van der Waals surface area contributed by atoms with Gasteiger partial charge in [-0.3, -0.25) is 0 Å². The van der Waals surface area contributed by atoms with E-state index in [1.807, 2.05) is 25.1 Å². The highest BCUT2D eigenvalue weighted by atomic mass is 16.5. The maximum Gasteiger partial charge on any atom is 0.124 e. The van der Waals surface area contributed by atoms with Gasteiger partial charge in [0.15, 0.2) is 0 Å². The van der Waals surface area contributed by atoms with Gasteiger partial charge in [0.2, 0.25) is 0 Å². The predicted molar refractivity (Wildman–Crippen MR) is 66.2 cm³/mol. The number of aliphatic hydroxyl groups is 1. The molecule has 2 rings (SSSR count). The molecule has 0 aromatic heterocycles. The van der Waals surface area contributed by atoms with Crippen molar-refractivity contribution in [1.29, 1.82) is 0 Å². The molecule has 0 heterocycles. The quantitative estimate of drug-likeness (QED) is 0.824. The second-order valence-corrected chi connectivity index (χ2v) is 4.74. The lowest BCUT2D eigenvalue weighted by atomic mass is 10.1. The Bertz CT molecular complexity index is 372. The minimum Gasteiger partial charge on any atom is -0.496 e. The summed E-state index contributed by atoms with van der Waals surface area (Å²) in [5, 5.41) is 10.1. The summed E-state index contributed by atoms with van der Waals surface area (Å²) < 4.78 is 10.8. The summed E-state index contributed by atoms with van der Waals surface area (Å²) in [5.74, 6) is 1.44. The van der Waals surface area contributed by atoms with E-state index < -0.39 is 6.10 Å². The van der Waals surface area contributed by atoms with Gasteiger partial charge in [-0.25, -0.2) is 0 Å². The minimum absolute atomic E-state index is 0.344. The maximum absolute atomic E-state index is 10.1. The molecule has 1 atom stereocenters. The molecule has 1 aromatic carbocycles. The van der Waals surface area contributed by atoms with E-state index in [9.17, 15) is 5.11 Å². The van der Waals surface area contributed by atoms with E-state index in [4.69, 9.17) is 9.47 Å². The molecule has 1 aromatic rings. The van der Waals surface area contributed by atoms with Gasteiger partial charge >= 0.3 is 0 Å². The molecule has 3 heteroatoms. The van der Waals surface area contributed by atoms with Crippen LogP contribution in [0, 0.1) is 12.8 Å². The molecule has 1 aliphatic carbocycles. The van der Waals surface area contributed by atoms with Gasteiger partial charge in [0, 0.05) is 12.2 Å². The van der Waals surface area contributed by atoms with Gasteiger partial charge < -0.3 is 14.6 Å². The Morgan fingerprint density at radius 2 is 2.18 bits per heavy atom. The molecule has 1 N–H and O–H groups in total. The number of aryl methyl sites for hydroxylation is 1. The van der Waals surface area contributed by atoms with E-state index >= 15 is 0 Å². The molecule has 0 spiro atoms. The lowest BCUT2D eigenvalue weighted by Crippen LogP contribution is -2.10. The molecular formula is C14H20O3. The summed E-state index contributed by atoms with van der Waals surface area (Å²) in [5.41, 5.74) is 1.92. The monoisotopic (exact) mass is 236 g/mol. The van der Waals surface area contributed by atoms with Crippen LogP contribution in [-0.4, -0.2) is 25.4 Å². The largest absolute Gasteiger partial charge is 0.496 e. The summed E-state index contributed by atoms with van der Waals surface area (Å²) in [6.07, 6.45) is 1.93. The molecule has 0 radical (unpaired) electrons. The van der Waals surface area contributed by atoms with Gasteiger partial charge in [0.05, 0.1) is 13.7 Å². The van der Waals surface area contributed by atoms with Gasteiger partial charge in [0.1, 0.15) is 11.9 Å². The van der Waals surface area contributed by atoms with Crippen molar-refractivity contribution in [3.63, 3.8) is 0 Å². The van der Waals surface area contributed by atoms with Crippen LogP contribution in [0.1, 0.15) is 30.1 Å². The second-order valence-electron chi connectivity index (χ2n) is 4.74. The van der Waals surface area contributed by atoms with Crippen molar-refractivity contribution in [3.8, 4) is 5.75 Å². The first-order valence-electron chi connectivity index (χ1n) is 6.11. The van der Waals surface area contributed by atoms with Crippen LogP contribution in [0.4, 0.5) is 0 Å². The van der Waals surface area contributed by atoms with E-state index in [0.29, 0.717) is 6.61 Å². The SMILES string of the molecule is COc1ccc(C)cc1C(O)COCC1CC1. The molecule has 3 nitrogen and oxygen atoms in total. The first-order chi connectivity index (χ1) is 8.20. The number of rotatable bonds is 6. The van der Waals surface area contributed by atoms with E-state index in [0.717, 1.165) is 29.4 Å². The highest BCUT2D eigenvalue weighted by Gasteiger charge is 2.22. The summed E-state index contributed by atoms with van der Waals surface area (Å²) in [4.78, 5) is 0. The molecule has 0 aliphatic heterocycles. The Labute approximate surface area is 102 Å². The van der Waals surface area contributed by atoms with Gasteiger partial charge in [-0.05, 0) is 37.8 Å². The van der Waals surface area contributed by atoms with Crippen LogP contribution in [-0.2, 0) is 4.74 Å². The topological polar surface area (TPSA) is 38.7 Å². The zero-order valence-electron chi connectivity index (χ0n) is 10.5. The molecule has 0 bridgehead atoms. The Morgan fingerprint density at radius 1 is 1.41 bits per heavy atom. The zero-order valence-corrected chi connectivity index (χ0v) is 10.5. The van der Waals surface area contributed by atoms with Crippen molar-refractivity contribution in [2.45, 2.75) is 25.9 Å². The van der Waals surface area contributed by atoms with Crippen molar-refractivity contribution in [3.05, 3.63) is 29.3 Å². The van der Waals surface area contributed by atoms with Crippen LogP contribution in [0.5, 0.6) is 5.75 Å². The first-order valence-corrected chi connectivity index (χ1v) is 6.11. The maximum atomic E-state index is 10.1. The van der Waals surface area contributed by atoms with Crippen LogP contribution < -0.4 is 4.74 Å². The van der Waals surface area contributed by atoms with E-state index in [2.05, 4.69) is 0 Å². The fraction of sp³-hybridized carbons (Fsp3) is 0.571. The lowest BCUT2D eigenvalue weighted by Gasteiger charge is -2.15. The number of hydrogen-bond donors (Lipinski definition) is 1. The van der Waals surface area contributed by atoms with Crippen molar-refractivity contribution in [1.82, 2.24) is 0 Å². The highest BCUT2D eigenvalue weighted by Crippen LogP contribution is 2.30. The molecule has 0 amide bonds. The molecule has 17 heavy (non-hydrogen) atoms. The van der Waals surface area contributed by atoms with Crippen LogP contribution >= 0.6 is 0 Å². The van der Waals surface area contributed by atoms with Gasteiger partial charge in [0.25, 0.3) is 0 Å². The summed E-state index contributed by atoms with van der Waals surface area (Å²) >= 11 is 0. The van der Waals surface area contributed by atoms with Gasteiger partial charge in [-0.2, -0.15) is 0 Å². The molecule has 0 saturated heterocycles. The summed E-state index contributed by atoms with van der Waals surface area (Å²) in [6.45, 7) is 3.11. The highest BCUT2D eigenvalue weighted by molar-refractivity contribution is 5.38. The minimum atomic E-state index is -0.608. The fourth-order valence-electron chi connectivity index (χ4n) is 1.83. The Balaban J connectivity index is 1.95. The Morgan fingerprint density at radius 3 is 2.82 bits per heavy atom. The third-order valence-electron chi connectivity index (χ3n) is 3.07. The summed E-state index contributed by atoms with van der Waals surface area (Å²) in [7, 11) is 1.62. The second kappa shape index (κ2) is 5.52. The van der Waals surface area contributed by atoms with Crippen LogP contribution in [0.15, 0.2) is 18.2 Å². The molecule has 1 fully saturated rings. The molecule has 94 valence electrons. The van der Waals surface area contributed by atoms with E-state index in [1.165, 1.54) is 12.8 Å². The first kappa shape index (κ1) is 12.4. The van der Waals surface area contributed by atoms with Gasteiger partial charge in [-0.15, -0.1) is 0 Å². The van der Waals surface area contributed by atoms with Crippen LogP contribution in [0.25, 0.3) is 0 Å². The Kier molecular flexibility index (Phi) is 4.02. The third kappa shape index (κ3) is 3.45. The smallest absolute Gasteiger partial charge is 0.124 e. The average molecular weight is 236 g/mol. The molecule has 1 aliphatic rings. The van der Waals surface area contributed by atoms with Crippen molar-refractivity contribution >= 4 is 0 Å². The lowest BCUT2D eigenvalue weighted by molar-refractivity contribution is 0.0303. The number of benzene rings is 1. The average Bonchev–Trinajstić information content (AvgIpc) is 3.13. The van der Waals surface area contributed by atoms with Crippen molar-refractivity contribution in [2.24, 2.45) is 5.92 Å². The molecule has 1 unspecified atom stereocenters. The zero-order chi connectivity index (χ0) is 12.3. The van der Waals surface area contributed by atoms with Crippen molar-refractivity contribution in [2.75, 3.05) is 20.3 Å². The summed E-state index contributed by atoms with van der Waals surface area (Å²) in [6, 6.07) is 5.80. The molecule has 1 saturated carbocycles. The normalized spacial score (nSPS) is 16.9. The number of aliphatic hydroxyl groups excluding tert-OH is 1. The Hall–Kier alpha value is -1.06. The van der Waals surface area contributed by atoms with Crippen LogP contribution in [0.3, 0.4) is 0 Å². The van der Waals surface area contributed by atoms with E-state index in [-0.39, 0.29) is 0 Å². The number of hydrogen-bond acceptors (Lipinski definition) is 3. The fourth-order valence-corrected chi connectivity index (χ4v) is 1.83. The number of ether oxygens (including phenoxy) is 2. The predicted octanol–water partition coefficient (Wildman–Crippen LogP) is 2.46. The molecular weight excluding hydrogens is 216 g/mol. The van der Waals surface area contributed by atoms with Crippen LogP contribution in [0.2, 0.25) is 0 Å². The van der Waals surface area contributed by atoms with Gasteiger partial charge in [-0.1, -0.05) is 11.6 Å². The number of methoxy groups -OCH3 is 1. The van der Waals surface area contributed by atoms with Crippen molar-refractivity contribution < 1.29 is 14.6 Å². The third-order valence-corrected chi connectivity index (χ3v) is 3.07. The standard InChI is InChI=1S/C14H20O3/c1-10-3-6-14(16-2)12(7-10)13(15)9-17-8-11-4-5-11/h3,6-7,11,13,15H,4-5,8-9H2,1-2H3.